The summed E-state index contributed by atoms with van der Waals surface area (Å²) < 4.78 is 30.3. The van der Waals surface area contributed by atoms with E-state index in [0.717, 1.165) is 112 Å². The minimum atomic E-state index is -0.662. The van der Waals surface area contributed by atoms with E-state index in [1.54, 1.807) is 0 Å². The van der Waals surface area contributed by atoms with Crippen LogP contribution in [-0.2, 0) is 16.2 Å². The lowest BCUT2D eigenvalue weighted by Crippen LogP contribution is -2.27. The smallest absolute Gasteiger partial charge is 0.170 e. The molecule has 113 heavy (non-hydrogen) atoms. The lowest BCUT2D eigenvalue weighted by atomic mass is 9.72. The van der Waals surface area contributed by atoms with Crippen molar-refractivity contribution >= 4 is 44.1 Å². The first-order valence-corrected chi connectivity index (χ1v) is 38.2. The summed E-state index contributed by atoms with van der Waals surface area (Å²) in [5, 5.41) is 0. The monoisotopic (exact) mass is 1460 g/mol. The predicted octanol–water partition coefficient (Wildman–Crippen LogP) is 25.6. The molecule has 0 saturated heterocycles. The number of benzene rings is 14. The van der Waals surface area contributed by atoms with Crippen LogP contribution in [0.1, 0.15) is 62.8 Å². The van der Waals surface area contributed by atoms with E-state index in [4.69, 9.17) is 58.8 Å². The summed E-state index contributed by atoms with van der Waals surface area (Å²) in [6.07, 6.45) is 1.43. The van der Waals surface area contributed by atoms with E-state index in [1.165, 1.54) is 0 Å². The molecule has 1 spiro atoms. The zero-order valence-electron chi connectivity index (χ0n) is 62.5. The molecule has 0 bridgehead atoms. The van der Waals surface area contributed by atoms with Crippen LogP contribution in [-0.4, -0.2) is 39.9 Å². The number of aromatic nitrogens is 8. The van der Waals surface area contributed by atoms with Crippen LogP contribution in [0.15, 0.2) is 340 Å². The van der Waals surface area contributed by atoms with Crippen LogP contribution in [0.5, 0.6) is 46.0 Å². The Labute approximate surface area is 653 Å². The van der Waals surface area contributed by atoms with E-state index >= 15 is 0 Å². The maximum atomic E-state index is 7.63. The van der Waals surface area contributed by atoms with Crippen LogP contribution in [0.25, 0.3) is 134 Å². The van der Waals surface area contributed by atoms with Gasteiger partial charge in [-0.3, -0.25) is 0 Å². The van der Waals surface area contributed by atoms with Crippen molar-refractivity contribution in [3.05, 3.63) is 362 Å². The molecule has 0 amide bonds. The van der Waals surface area contributed by atoms with Crippen molar-refractivity contribution in [2.45, 2.75) is 56.8 Å². The van der Waals surface area contributed by atoms with E-state index in [1.807, 2.05) is 218 Å². The second kappa shape index (κ2) is 27.6. The Balaban J connectivity index is 0.796. The molecular formula is C101H72N8O4. The van der Waals surface area contributed by atoms with Crippen molar-refractivity contribution in [2.24, 2.45) is 0 Å². The van der Waals surface area contributed by atoms with Gasteiger partial charge in [0.25, 0.3) is 0 Å². The molecule has 2 aliphatic rings. The van der Waals surface area contributed by atoms with Gasteiger partial charge in [-0.15, -0.1) is 0 Å². The molecule has 0 radical (unpaired) electrons. The first-order valence-electron chi connectivity index (χ1n) is 38.2. The lowest BCUT2D eigenvalue weighted by Gasteiger charge is -2.31. The molecule has 12 nitrogen and oxygen atoms in total. The quantitative estimate of drug-likeness (QED) is 0.0909. The maximum absolute atomic E-state index is 7.63. The van der Waals surface area contributed by atoms with E-state index in [-0.39, 0.29) is 0 Å². The third-order valence-corrected chi connectivity index (χ3v) is 22.0. The third-order valence-electron chi connectivity index (χ3n) is 22.0. The lowest BCUT2D eigenvalue weighted by molar-refractivity contribution is 0.349. The molecule has 540 valence electrons. The first kappa shape index (κ1) is 68.0. The molecule has 0 aliphatic heterocycles. The van der Waals surface area contributed by atoms with E-state index in [2.05, 4.69) is 149 Å². The third kappa shape index (κ3) is 12.3. The van der Waals surface area contributed by atoms with Gasteiger partial charge < -0.3 is 18.9 Å². The van der Waals surface area contributed by atoms with Gasteiger partial charge in [0.2, 0.25) is 0 Å². The molecule has 2 aliphatic carbocycles. The fourth-order valence-electron chi connectivity index (χ4n) is 17.0. The highest BCUT2D eigenvalue weighted by molar-refractivity contribution is 5.94. The van der Waals surface area contributed by atoms with Gasteiger partial charge in [0.05, 0.1) is 67.6 Å². The SMILES string of the molecule is CC1(C)CC2(CC(C)(C)c3cc(Oc4cccc5nc(-c6ccccc6)c(-c6ccccc6)nc45)c(Oc4cccc5nc(-c6ccccc6)c(-c6ccccc6)nc45)cc32)c2cc(Oc3cccc4nc(-c5ccccc5)c(-c5ccccc5)nc34)c(Oc3cccc4nc(-c5ccccc5)c(-c5ccccc5)nc34)cc21. The number of nitrogens with zero attached hydrogens (tertiary/aromatic N) is 8. The van der Waals surface area contributed by atoms with Crippen LogP contribution in [0, 0.1) is 0 Å². The highest BCUT2D eigenvalue weighted by Crippen LogP contribution is 2.66. The zero-order chi connectivity index (χ0) is 75.8. The standard InChI is InChI=1S/C101H72N8O4/c1-99(2)61-101(73-59-85(112-81-55-31-51-77-97(81)108-93(69-45-25-11-26-46-69)89(104-77)65-37-17-7-18-38-65)83(57-71(73)99)110-79-53-29-49-75-95(79)106-91(67-41-21-9-22-42-67)87(102-75)63-33-13-5-14-34-63)62-100(3,4)72-58-84(111-80-54-30-50-76-96(80)107-92(68-43-23-10-24-44-68)88(103-76)64-35-15-6-16-36-64)86(60-74(72)101)113-82-56-32-52-78-98(82)109-94(70-47-27-12-28-48-70)90(105-78)66-39-19-8-20-40-66/h5-60H,61-62H2,1-4H3. The molecule has 4 heterocycles. The summed E-state index contributed by atoms with van der Waals surface area (Å²) >= 11 is 0. The summed E-state index contributed by atoms with van der Waals surface area (Å²) in [7, 11) is 0. The Hall–Kier alpha value is -14.4. The summed E-state index contributed by atoms with van der Waals surface area (Å²) in [6.45, 7) is 9.38. The highest BCUT2D eigenvalue weighted by Gasteiger charge is 2.57. The number of para-hydroxylation sites is 4. The van der Waals surface area contributed by atoms with Crippen molar-refractivity contribution < 1.29 is 18.9 Å². The van der Waals surface area contributed by atoms with E-state index in [0.29, 0.717) is 103 Å². The molecule has 0 atom stereocenters. The molecule has 18 aromatic rings. The molecule has 20 rings (SSSR count). The largest absolute Gasteiger partial charge is 0.451 e. The van der Waals surface area contributed by atoms with Gasteiger partial charge >= 0.3 is 0 Å². The molecule has 0 saturated carbocycles. The molecule has 0 fully saturated rings. The molecule has 0 N–H and O–H groups in total. The summed E-state index contributed by atoms with van der Waals surface area (Å²) in [5.74, 6) is 3.94. The van der Waals surface area contributed by atoms with Crippen molar-refractivity contribution in [3.63, 3.8) is 0 Å². The van der Waals surface area contributed by atoms with Gasteiger partial charge in [0.15, 0.2) is 46.0 Å². The van der Waals surface area contributed by atoms with Crippen LogP contribution >= 0.6 is 0 Å². The Morgan fingerprint density at radius 3 is 0.584 bits per heavy atom. The highest BCUT2D eigenvalue weighted by atomic mass is 16.5. The van der Waals surface area contributed by atoms with Crippen LogP contribution < -0.4 is 18.9 Å². The van der Waals surface area contributed by atoms with Crippen LogP contribution in [0.2, 0.25) is 0 Å². The van der Waals surface area contributed by atoms with Crippen molar-refractivity contribution in [2.75, 3.05) is 0 Å². The van der Waals surface area contributed by atoms with E-state index in [9.17, 15) is 0 Å². The topological polar surface area (TPSA) is 140 Å². The minimum absolute atomic E-state index is 0.459. The van der Waals surface area contributed by atoms with E-state index < -0.39 is 16.2 Å². The summed E-state index contributed by atoms with van der Waals surface area (Å²) in [5.41, 5.74) is 21.3. The number of ether oxygens (including phenoxy) is 4. The van der Waals surface area contributed by atoms with Crippen molar-refractivity contribution in [1.82, 2.24) is 39.9 Å². The maximum Gasteiger partial charge on any atom is 0.170 e. The number of hydrogen-bond acceptors (Lipinski definition) is 12. The predicted molar refractivity (Wildman–Crippen MR) is 451 cm³/mol. The average Bonchev–Trinajstić information content (AvgIpc) is 1.52. The number of rotatable bonds is 16. The average molecular weight is 1460 g/mol. The number of hydrogen-bond donors (Lipinski definition) is 0. The Kier molecular flexibility index (Phi) is 16.6. The van der Waals surface area contributed by atoms with Crippen molar-refractivity contribution in [1.29, 1.82) is 0 Å². The summed E-state index contributed by atoms with van der Waals surface area (Å²) in [4.78, 5) is 43.9. The van der Waals surface area contributed by atoms with Gasteiger partial charge in [-0.25, -0.2) is 39.9 Å². The fraction of sp³-hybridized carbons (Fsp3) is 0.0891. The zero-order valence-corrected chi connectivity index (χ0v) is 62.5. The molecule has 0 unspecified atom stereocenters. The molecule has 14 aromatic carbocycles. The van der Waals surface area contributed by atoms with Crippen LogP contribution in [0.4, 0.5) is 0 Å². The Morgan fingerprint density at radius 1 is 0.195 bits per heavy atom. The number of fused-ring (bicyclic) bond motifs is 8. The van der Waals surface area contributed by atoms with Gasteiger partial charge in [-0.1, -0.05) is 295 Å². The van der Waals surface area contributed by atoms with Crippen molar-refractivity contribution in [3.8, 4) is 136 Å². The van der Waals surface area contributed by atoms with Gasteiger partial charge in [-0.2, -0.15) is 0 Å². The second-order valence-corrected chi connectivity index (χ2v) is 30.4. The molecular weight excluding hydrogens is 1390 g/mol. The first-order chi connectivity index (χ1) is 55.4. The van der Waals surface area contributed by atoms with Crippen LogP contribution in [0.3, 0.4) is 0 Å². The Bertz CT molecular complexity index is 6310. The normalized spacial score (nSPS) is 13.6. The van der Waals surface area contributed by atoms with Gasteiger partial charge in [0.1, 0.15) is 22.1 Å². The Morgan fingerprint density at radius 2 is 0.381 bits per heavy atom. The minimum Gasteiger partial charge on any atom is -0.451 e. The van der Waals surface area contributed by atoms with Gasteiger partial charge in [-0.05, 0) is 119 Å². The second-order valence-electron chi connectivity index (χ2n) is 30.4. The van der Waals surface area contributed by atoms with Gasteiger partial charge in [0, 0.05) is 49.9 Å². The fourth-order valence-corrected chi connectivity index (χ4v) is 17.0. The molecule has 4 aromatic heterocycles. The molecule has 12 heteroatoms. The summed E-state index contributed by atoms with van der Waals surface area (Å²) in [6, 6.07) is 114.